The van der Waals surface area contributed by atoms with Gasteiger partial charge in [0, 0.05) is 25.0 Å². The van der Waals surface area contributed by atoms with Crippen LogP contribution in [0.2, 0.25) is 0 Å². The lowest BCUT2D eigenvalue weighted by Crippen LogP contribution is -2.46. The van der Waals surface area contributed by atoms with E-state index < -0.39 is 0 Å². The number of hydrogen-bond donors (Lipinski definition) is 2. The SMILES string of the molecule is CCN(CCO)CC(C)(CNCC(C)C)c1ccccc1. The molecule has 1 aromatic carbocycles. The molecule has 0 saturated heterocycles. The van der Waals surface area contributed by atoms with E-state index in [1.54, 1.807) is 0 Å². The van der Waals surface area contributed by atoms with Crippen molar-refractivity contribution in [3.8, 4) is 0 Å². The quantitative estimate of drug-likeness (QED) is 0.695. The molecule has 0 aromatic heterocycles. The third-order valence-corrected chi connectivity index (χ3v) is 3.97. The Hall–Kier alpha value is -0.900. The molecule has 1 aromatic rings. The van der Waals surface area contributed by atoms with Crippen molar-refractivity contribution in [1.82, 2.24) is 10.2 Å². The molecule has 1 atom stereocenters. The molecule has 0 amide bonds. The maximum atomic E-state index is 9.23. The van der Waals surface area contributed by atoms with Crippen molar-refractivity contribution in [1.29, 1.82) is 0 Å². The number of aliphatic hydroxyl groups excluding tert-OH is 1. The van der Waals surface area contributed by atoms with Gasteiger partial charge in [-0.05, 0) is 24.6 Å². The van der Waals surface area contributed by atoms with Crippen LogP contribution < -0.4 is 5.32 Å². The summed E-state index contributed by atoms with van der Waals surface area (Å²) in [5, 5.41) is 12.8. The molecule has 0 aliphatic carbocycles. The maximum Gasteiger partial charge on any atom is 0.0558 e. The van der Waals surface area contributed by atoms with Crippen LogP contribution >= 0.6 is 0 Å². The van der Waals surface area contributed by atoms with Crippen molar-refractivity contribution >= 4 is 0 Å². The molecule has 0 aliphatic heterocycles. The van der Waals surface area contributed by atoms with Crippen LogP contribution in [-0.2, 0) is 5.41 Å². The van der Waals surface area contributed by atoms with Gasteiger partial charge in [-0.15, -0.1) is 0 Å². The van der Waals surface area contributed by atoms with E-state index in [2.05, 4.69) is 68.2 Å². The van der Waals surface area contributed by atoms with Gasteiger partial charge in [-0.25, -0.2) is 0 Å². The average molecular weight is 292 g/mol. The van der Waals surface area contributed by atoms with Gasteiger partial charge in [0.1, 0.15) is 0 Å². The molecule has 0 bridgehead atoms. The van der Waals surface area contributed by atoms with Crippen molar-refractivity contribution in [2.24, 2.45) is 5.92 Å². The minimum Gasteiger partial charge on any atom is -0.395 e. The van der Waals surface area contributed by atoms with Crippen molar-refractivity contribution in [3.05, 3.63) is 35.9 Å². The lowest BCUT2D eigenvalue weighted by atomic mass is 9.81. The van der Waals surface area contributed by atoms with E-state index in [1.165, 1.54) is 5.56 Å². The summed E-state index contributed by atoms with van der Waals surface area (Å²) in [6.07, 6.45) is 0. The maximum absolute atomic E-state index is 9.23. The standard InChI is InChI=1S/C18H32N2O/c1-5-20(11-12-21)15-18(4,14-19-13-16(2)3)17-9-7-6-8-10-17/h6-10,16,19,21H,5,11-15H2,1-4H3. The van der Waals surface area contributed by atoms with Gasteiger partial charge in [0.05, 0.1) is 6.61 Å². The Bertz CT molecular complexity index is 380. The number of nitrogens with zero attached hydrogens (tertiary/aromatic N) is 1. The normalized spacial score (nSPS) is 14.6. The Kier molecular flexibility index (Phi) is 7.94. The largest absolute Gasteiger partial charge is 0.395 e. The van der Waals surface area contributed by atoms with Gasteiger partial charge >= 0.3 is 0 Å². The van der Waals surface area contributed by atoms with Crippen molar-refractivity contribution < 1.29 is 5.11 Å². The van der Waals surface area contributed by atoms with Crippen LogP contribution in [0.3, 0.4) is 0 Å². The molecule has 1 unspecified atom stereocenters. The molecule has 21 heavy (non-hydrogen) atoms. The zero-order chi connectivity index (χ0) is 15.7. The Morgan fingerprint density at radius 3 is 2.43 bits per heavy atom. The fraction of sp³-hybridized carbons (Fsp3) is 0.667. The Morgan fingerprint density at radius 1 is 1.24 bits per heavy atom. The molecule has 0 saturated carbocycles. The lowest BCUT2D eigenvalue weighted by Gasteiger charge is -2.36. The third-order valence-electron chi connectivity index (χ3n) is 3.97. The van der Waals surface area contributed by atoms with Gasteiger partial charge in [-0.2, -0.15) is 0 Å². The molecule has 0 fully saturated rings. The number of aliphatic hydroxyl groups is 1. The molecular weight excluding hydrogens is 260 g/mol. The number of rotatable bonds is 10. The summed E-state index contributed by atoms with van der Waals surface area (Å²) in [4.78, 5) is 2.32. The highest BCUT2D eigenvalue weighted by molar-refractivity contribution is 5.25. The molecule has 3 heteroatoms. The highest BCUT2D eigenvalue weighted by Crippen LogP contribution is 2.24. The first-order valence-corrected chi connectivity index (χ1v) is 8.11. The van der Waals surface area contributed by atoms with Gasteiger partial charge in [-0.1, -0.05) is 58.0 Å². The third kappa shape index (κ3) is 6.16. The number of benzene rings is 1. The number of likely N-dealkylation sites (N-methyl/N-ethyl adjacent to an activating group) is 1. The van der Waals surface area contributed by atoms with E-state index in [-0.39, 0.29) is 12.0 Å². The monoisotopic (exact) mass is 292 g/mol. The Morgan fingerprint density at radius 2 is 1.90 bits per heavy atom. The van der Waals surface area contributed by atoms with Gasteiger partial charge in [0.2, 0.25) is 0 Å². The molecule has 1 rings (SSSR count). The molecule has 0 aliphatic rings. The summed E-state index contributed by atoms with van der Waals surface area (Å²) < 4.78 is 0. The second-order valence-electron chi connectivity index (χ2n) is 6.54. The summed E-state index contributed by atoms with van der Waals surface area (Å²) in [5.74, 6) is 0.657. The van der Waals surface area contributed by atoms with Crippen LogP contribution in [0.4, 0.5) is 0 Å². The summed E-state index contributed by atoms with van der Waals surface area (Å²) in [7, 11) is 0. The van der Waals surface area contributed by atoms with Crippen molar-refractivity contribution in [3.63, 3.8) is 0 Å². The van der Waals surface area contributed by atoms with Gasteiger partial charge in [0.25, 0.3) is 0 Å². The highest BCUT2D eigenvalue weighted by atomic mass is 16.3. The van der Waals surface area contributed by atoms with Gasteiger partial charge in [-0.3, -0.25) is 0 Å². The molecule has 120 valence electrons. The van der Waals surface area contributed by atoms with Crippen molar-refractivity contribution in [2.45, 2.75) is 33.1 Å². The van der Waals surface area contributed by atoms with E-state index in [0.29, 0.717) is 5.92 Å². The summed E-state index contributed by atoms with van der Waals surface area (Å²) in [6.45, 7) is 13.8. The lowest BCUT2D eigenvalue weighted by molar-refractivity contribution is 0.170. The highest BCUT2D eigenvalue weighted by Gasteiger charge is 2.28. The van der Waals surface area contributed by atoms with E-state index >= 15 is 0 Å². The zero-order valence-corrected chi connectivity index (χ0v) is 14.1. The first-order valence-electron chi connectivity index (χ1n) is 8.11. The van der Waals surface area contributed by atoms with Crippen LogP contribution in [0, 0.1) is 5.92 Å². The van der Waals surface area contributed by atoms with E-state index in [0.717, 1.165) is 32.7 Å². The first-order chi connectivity index (χ1) is 10.0. The average Bonchev–Trinajstić information content (AvgIpc) is 2.47. The Balaban J connectivity index is 2.82. The fourth-order valence-corrected chi connectivity index (χ4v) is 2.71. The van der Waals surface area contributed by atoms with Crippen LogP contribution in [0.1, 0.15) is 33.3 Å². The second kappa shape index (κ2) is 9.19. The van der Waals surface area contributed by atoms with E-state index in [1.807, 2.05) is 0 Å². The summed E-state index contributed by atoms with van der Waals surface area (Å²) >= 11 is 0. The number of hydrogen-bond acceptors (Lipinski definition) is 3. The van der Waals surface area contributed by atoms with E-state index in [9.17, 15) is 5.11 Å². The predicted molar refractivity (Wildman–Crippen MR) is 90.7 cm³/mol. The van der Waals surface area contributed by atoms with Crippen LogP contribution in [0.5, 0.6) is 0 Å². The summed E-state index contributed by atoms with van der Waals surface area (Å²) in [6, 6.07) is 10.7. The molecule has 0 spiro atoms. The minimum absolute atomic E-state index is 0.0569. The molecule has 0 heterocycles. The van der Waals surface area contributed by atoms with Gasteiger partial charge < -0.3 is 15.3 Å². The topological polar surface area (TPSA) is 35.5 Å². The Labute approximate surface area is 130 Å². The van der Waals surface area contributed by atoms with Gasteiger partial charge in [0.15, 0.2) is 0 Å². The van der Waals surface area contributed by atoms with Crippen LogP contribution in [0.25, 0.3) is 0 Å². The second-order valence-corrected chi connectivity index (χ2v) is 6.54. The molecule has 2 N–H and O–H groups in total. The van der Waals surface area contributed by atoms with Crippen molar-refractivity contribution in [2.75, 3.05) is 39.3 Å². The number of nitrogens with one attached hydrogen (secondary N) is 1. The molecule has 0 radical (unpaired) electrons. The summed E-state index contributed by atoms with van der Waals surface area (Å²) in [5.41, 5.74) is 1.42. The zero-order valence-electron chi connectivity index (χ0n) is 14.1. The first kappa shape index (κ1) is 18.1. The molecule has 3 nitrogen and oxygen atoms in total. The van der Waals surface area contributed by atoms with Crippen LogP contribution in [-0.4, -0.2) is 49.3 Å². The van der Waals surface area contributed by atoms with E-state index in [4.69, 9.17) is 0 Å². The smallest absolute Gasteiger partial charge is 0.0558 e. The van der Waals surface area contributed by atoms with Crippen LogP contribution in [0.15, 0.2) is 30.3 Å². The molecular formula is C18H32N2O. The predicted octanol–water partition coefficient (Wildman–Crippen LogP) is 2.50. The fourth-order valence-electron chi connectivity index (χ4n) is 2.71. The minimum atomic E-state index is 0.0569.